The molecule has 0 unspecified atom stereocenters. The van der Waals surface area contributed by atoms with Gasteiger partial charge in [0.25, 0.3) is 0 Å². The standard InChI is InChI=1S/C15H15F3N4/c16-15(17,18)10-5-3-4-9(8-10)12-11-6-1-2-7-20-13(11)22-14(19)21-12/h3-5,8H,1-2,6-7H2,(H3,19,20,21,22). The van der Waals surface area contributed by atoms with Gasteiger partial charge in [-0.25, -0.2) is 4.98 Å². The Balaban J connectivity index is 2.14. The Bertz CT molecular complexity index is 698. The number of benzene rings is 1. The molecule has 0 saturated heterocycles. The van der Waals surface area contributed by atoms with E-state index in [0.717, 1.165) is 37.1 Å². The zero-order valence-electron chi connectivity index (χ0n) is 11.7. The Kier molecular flexibility index (Phi) is 3.64. The second-order valence-corrected chi connectivity index (χ2v) is 5.22. The van der Waals surface area contributed by atoms with Gasteiger partial charge < -0.3 is 11.1 Å². The molecule has 0 bridgehead atoms. The summed E-state index contributed by atoms with van der Waals surface area (Å²) in [7, 11) is 0. The molecule has 116 valence electrons. The van der Waals surface area contributed by atoms with Gasteiger partial charge in [0.2, 0.25) is 5.95 Å². The maximum Gasteiger partial charge on any atom is 0.416 e. The molecule has 4 nitrogen and oxygen atoms in total. The molecule has 2 heterocycles. The van der Waals surface area contributed by atoms with Crippen molar-refractivity contribution in [2.24, 2.45) is 0 Å². The highest BCUT2D eigenvalue weighted by Gasteiger charge is 2.31. The van der Waals surface area contributed by atoms with Crippen molar-refractivity contribution in [2.45, 2.75) is 25.4 Å². The van der Waals surface area contributed by atoms with Crippen molar-refractivity contribution >= 4 is 11.8 Å². The molecule has 0 saturated carbocycles. The molecule has 2 aromatic rings. The van der Waals surface area contributed by atoms with Gasteiger partial charge >= 0.3 is 6.18 Å². The lowest BCUT2D eigenvalue weighted by Crippen LogP contribution is -2.08. The van der Waals surface area contributed by atoms with Crippen molar-refractivity contribution in [1.82, 2.24) is 9.97 Å². The predicted octanol–water partition coefficient (Wildman–Crippen LogP) is 3.49. The van der Waals surface area contributed by atoms with Gasteiger partial charge in [-0.3, -0.25) is 0 Å². The lowest BCUT2D eigenvalue weighted by molar-refractivity contribution is -0.137. The van der Waals surface area contributed by atoms with Gasteiger partial charge in [-0.15, -0.1) is 0 Å². The first-order valence-corrected chi connectivity index (χ1v) is 7.03. The zero-order chi connectivity index (χ0) is 15.7. The van der Waals surface area contributed by atoms with E-state index < -0.39 is 11.7 Å². The minimum absolute atomic E-state index is 0.0561. The molecule has 0 amide bonds. The van der Waals surface area contributed by atoms with E-state index in [2.05, 4.69) is 15.3 Å². The van der Waals surface area contributed by atoms with Crippen molar-refractivity contribution in [1.29, 1.82) is 0 Å². The number of aromatic nitrogens is 2. The van der Waals surface area contributed by atoms with Crippen LogP contribution in [-0.4, -0.2) is 16.5 Å². The number of halogens is 3. The monoisotopic (exact) mass is 308 g/mol. The number of alkyl halides is 3. The van der Waals surface area contributed by atoms with Gasteiger partial charge in [0.1, 0.15) is 5.82 Å². The van der Waals surface area contributed by atoms with Crippen LogP contribution in [0.25, 0.3) is 11.3 Å². The maximum absolute atomic E-state index is 12.9. The Morgan fingerprint density at radius 3 is 2.73 bits per heavy atom. The van der Waals surface area contributed by atoms with Crippen molar-refractivity contribution in [3.63, 3.8) is 0 Å². The van der Waals surface area contributed by atoms with Gasteiger partial charge in [0, 0.05) is 17.7 Å². The molecular weight excluding hydrogens is 293 g/mol. The molecule has 3 rings (SSSR count). The van der Waals surface area contributed by atoms with Crippen LogP contribution in [0.5, 0.6) is 0 Å². The first-order valence-electron chi connectivity index (χ1n) is 7.03. The van der Waals surface area contributed by atoms with E-state index in [1.807, 2.05) is 0 Å². The molecule has 3 N–H and O–H groups in total. The van der Waals surface area contributed by atoms with E-state index in [1.54, 1.807) is 6.07 Å². The summed E-state index contributed by atoms with van der Waals surface area (Å²) >= 11 is 0. The van der Waals surface area contributed by atoms with Crippen molar-refractivity contribution in [2.75, 3.05) is 17.6 Å². The van der Waals surface area contributed by atoms with E-state index in [9.17, 15) is 13.2 Å². The molecule has 0 fully saturated rings. The Labute approximate surface area is 125 Å². The fourth-order valence-electron chi connectivity index (χ4n) is 2.60. The van der Waals surface area contributed by atoms with Crippen molar-refractivity contribution in [3.05, 3.63) is 35.4 Å². The summed E-state index contributed by atoms with van der Waals surface area (Å²) in [6, 6.07) is 5.15. The van der Waals surface area contributed by atoms with Gasteiger partial charge in [0.15, 0.2) is 0 Å². The molecule has 1 aromatic carbocycles. The van der Waals surface area contributed by atoms with Crippen molar-refractivity contribution < 1.29 is 13.2 Å². The summed E-state index contributed by atoms with van der Waals surface area (Å²) in [4.78, 5) is 8.35. The fourth-order valence-corrected chi connectivity index (χ4v) is 2.60. The zero-order valence-corrected chi connectivity index (χ0v) is 11.7. The van der Waals surface area contributed by atoms with Crippen LogP contribution >= 0.6 is 0 Å². The fraction of sp³-hybridized carbons (Fsp3) is 0.333. The maximum atomic E-state index is 12.9. The molecule has 1 aliphatic heterocycles. The second kappa shape index (κ2) is 5.47. The van der Waals surface area contributed by atoms with Gasteiger partial charge in [-0.1, -0.05) is 12.1 Å². The minimum atomic E-state index is -4.39. The number of hydrogen-bond acceptors (Lipinski definition) is 4. The molecule has 0 aliphatic carbocycles. The normalized spacial score (nSPS) is 14.9. The van der Waals surface area contributed by atoms with E-state index in [-0.39, 0.29) is 5.95 Å². The summed E-state index contributed by atoms with van der Waals surface area (Å²) in [6.45, 7) is 0.769. The van der Waals surface area contributed by atoms with Gasteiger partial charge in [0.05, 0.1) is 11.3 Å². The highest BCUT2D eigenvalue weighted by molar-refractivity contribution is 5.71. The Morgan fingerprint density at radius 1 is 1.14 bits per heavy atom. The first-order chi connectivity index (χ1) is 10.4. The molecule has 1 aliphatic rings. The molecule has 22 heavy (non-hydrogen) atoms. The van der Waals surface area contributed by atoms with Crippen LogP contribution < -0.4 is 11.1 Å². The molecule has 0 radical (unpaired) electrons. The van der Waals surface area contributed by atoms with Crippen LogP contribution in [0.2, 0.25) is 0 Å². The summed E-state index contributed by atoms with van der Waals surface area (Å²) in [6.07, 6.45) is -1.77. The molecule has 0 spiro atoms. The number of rotatable bonds is 1. The second-order valence-electron chi connectivity index (χ2n) is 5.22. The predicted molar refractivity (Wildman–Crippen MR) is 78.3 cm³/mol. The summed E-state index contributed by atoms with van der Waals surface area (Å²) in [5, 5.41) is 3.17. The molecule has 7 heteroatoms. The highest BCUT2D eigenvalue weighted by Crippen LogP contribution is 2.35. The number of hydrogen-bond donors (Lipinski definition) is 2. The average Bonchev–Trinajstić information content (AvgIpc) is 2.71. The Morgan fingerprint density at radius 2 is 1.95 bits per heavy atom. The average molecular weight is 308 g/mol. The SMILES string of the molecule is Nc1nc2c(c(-c3cccc(C(F)(F)F)c3)n1)CCCCN2. The van der Waals surface area contributed by atoms with Crippen LogP contribution in [0.3, 0.4) is 0 Å². The van der Waals surface area contributed by atoms with E-state index in [1.165, 1.54) is 6.07 Å². The van der Waals surface area contributed by atoms with Gasteiger partial charge in [-0.2, -0.15) is 18.2 Å². The van der Waals surface area contributed by atoms with Crippen molar-refractivity contribution in [3.8, 4) is 11.3 Å². The summed E-state index contributed by atoms with van der Waals surface area (Å²) in [5.74, 6) is 0.679. The third-order valence-corrected chi connectivity index (χ3v) is 3.63. The van der Waals surface area contributed by atoms with Crippen LogP contribution in [0.1, 0.15) is 24.0 Å². The molecule has 1 aromatic heterocycles. The van der Waals surface area contributed by atoms with Gasteiger partial charge in [-0.05, 0) is 31.4 Å². The summed E-state index contributed by atoms with van der Waals surface area (Å²) in [5.41, 5.74) is 6.72. The third-order valence-electron chi connectivity index (χ3n) is 3.63. The lowest BCUT2D eigenvalue weighted by Gasteiger charge is -2.14. The van der Waals surface area contributed by atoms with E-state index in [0.29, 0.717) is 23.5 Å². The summed E-state index contributed by atoms with van der Waals surface area (Å²) < 4.78 is 38.7. The van der Waals surface area contributed by atoms with Crippen LogP contribution in [-0.2, 0) is 12.6 Å². The third kappa shape index (κ3) is 2.84. The van der Waals surface area contributed by atoms with Crippen LogP contribution in [0.4, 0.5) is 24.9 Å². The molecule has 0 atom stereocenters. The first kappa shape index (κ1) is 14.6. The number of nitrogen functional groups attached to an aromatic ring is 1. The quantitative estimate of drug-likeness (QED) is 0.846. The topological polar surface area (TPSA) is 63.8 Å². The minimum Gasteiger partial charge on any atom is -0.370 e. The van der Waals surface area contributed by atoms with Crippen LogP contribution in [0.15, 0.2) is 24.3 Å². The number of anilines is 2. The number of nitrogens with one attached hydrogen (secondary N) is 1. The number of nitrogens with two attached hydrogens (primary N) is 1. The number of nitrogens with zero attached hydrogens (tertiary/aromatic N) is 2. The van der Waals surface area contributed by atoms with E-state index >= 15 is 0 Å². The van der Waals surface area contributed by atoms with Crippen LogP contribution in [0, 0.1) is 0 Å². The number of fused-ring (bicyclic) bond motifs is 1. The Hall–Kier alpha value is -2.31. The smallest absolute Gasteiger partial charge is 0.370 e. The lowest BCUT2D eigenvalue weighted by atomic mass is 10.0. The van der Waals surface area contributed by atoms with E-state index in [4.69, 9.17) is 5.73 Å². The highest BCUT2D eigenvalue weighted by atomic mass is 19.4. The largest absolute Gasteiger partial charge is 0.416 e. The molecular formula is C15H15F3N4.